The highest BCUT2D eigenvalue weighted by Gasteiger charge is 2.26. The first-order valence-electron chi connectivity index (χ1n) is 6.14. The molecule has 102 valence electrons. The van der Waals surface area contributed by atoms with E-state index >= 15 is 0 Å². The summed E-state index contributed by atoms with van der Waals surface area (Å²) < 4.78 is 0. The van der Waals surface area contributed by atoms with Crippen LogP contribution in [-0.4, -0.2) is 34.6 Å². The summed E-state index contributed by atoms with van der Waals surface area (Å²) in [7, 11) is 2.04. The van der Waals surface area contributed by atoms with Crippen LogP contribution in [0.15, 0.2) is 5.38 Å². The number of carbonyl (C=O) groups is 1. The van der Waals surface area contributed by atoms with Crippen LogP contribution in [0.4, 0.5) is 0 Å². The van der Waals surface area contributed by atoms with Crippen molar-refractivity contribution >= 4 is 17.3 Å². The molecule has 18 heavy (non-hydrogen) atoms. The number of thiazole rings is 1. The first-order chi connectivity index (χ1) is 8.31. The SMILES string of the molecule is Cc1nc(CN(C)CCCC(C)(C)C(=O)O)cs1. The highest BCUT2D eigenvalue weighted by molar-refractivity contribution is 7.09. The van der Waals surface area contributed by atoms with E-state index in [4.69, 9.17) is 5.11 Å². The average Bonchev–Trinajstić information content (AvgIpc) is 2.63. The largest absolute Gasteiger partial charge is 0.481 e. The van der Waals surface area contributed by atoms with Gasteiger partial charge >= 0.3 is 5.97 Å². The molecule has 5 heteroatoms. The Morgan fingerprint density at radius 3 is 2.72 bits per heavy atom. The van der Waals surface area contributed by atoms with Gasteiger partial charge in [0, 0.05) is 11.9 Å². The van der Waals surface area contributed by atoms with Gasteiger partial charge in [0.25, 0.3) is 0 Å². The van der Waals surface area contributed by atoms with Crippen LogP contribution >= 0.6 is 11.3 Å². The second-order valence-corrected chi connectivity index (χ2v) is 6.45. The second kappa shape index (κ2) is 6.29. The third-order valence-electron chi connectivity index (χ3n) is 3.02. The minimum atomic E-state index is -0.722. The standard InChI is InChI=1S/C13H22N2O2S/c1-10-14-11(9-18-10)8-15(4)7-5-6-13(2,3)12(16)17/h9H,5-8H2,1-4H3,(H,16,17). The highest BCUT2D eigenvalue weighted by Crippen LogP contribution is 2.22. The summed E-state index contributed by atoms with van der Waals surface area (Å²) in [6.45, 7) is 7.28. The Bertz CT molecular complexity index is 401. The van der Waals surface area contributed by atoms with Crippen LogP contribution in [0.25, 0.3) is 0 Å². The number of hydrogen-bond donors (Lipinski definition) is 1. The molecule has 1 rings (SSSR count). The van der Waals surface area contributed by atoms with Gasteiger partial charge in [-0.15, -0.1) is 11.3 Å². The molecule has 0 bridgehead atoms. The third kappa shape index (κ3) is 4.74. The van der Waals surface area contributed by atoms with Crippen molar-refractivity contribution in [1.29, 1.82) is 0 Å². The van der Waals surface area contributed by atoms with Crippen LogP contribution in [0.2, 0.25) is 0 Å². The van der Waals surface area contributed by atoms with Gasteiger partial charge in [0.05, 0.1) is 16.1 Å². The van der Waals surface area contributed by atoms with Crippen LogP contribution in [0, 0.1) is 12.3 Å². The molecular weight excluding hydrogens is 248 g/mol. The van der Waals surface area contributed by atoms with Crippen LogP contribution in [0.5, 0.6) is 0 Å². The molecule has 0 aliphatic heterocycles. The predicted molar refractivity (Wildman–Crippen MR) is 73.8 cm³/mol. The van der Waals surface area contributed by atoms with E-state index in [0.717, 1.165) is 30.2 Å². The second-order valence-electron chi connectivity index (χ2n) is 5.39. The monoisotopic (exact) mass is 270 g/mol. The topological polar surface area (TPSA) is 53.4 Å². The summed E-state index contributed by atoms with van der Waals surface area (Å²) in [5.74, 6) is -0.722. The zero-order valence-corrected chi connectivity index (χ0v) is 12.4. The van der Waals surface area contributed by atoms with Gasteiger partial charge in [-0.2, -0.15) is 0 Å². The Kier molecular flexibility index (Phi) is 5.28. The van der Waals surface area contributed by atoms with E-state index < -0.39 is 11.4 Å². The number of rotatable bonds is 7. The van der Waals surface area contributed by atoms with E-state index in [2.05, 4.69) is 15.3 Å². The van der Waals surface area contributed by atoms with Gasteiger partial charge in [0.15, 0.2) is 0 Å². The van der Waals surface area contributed by atoms with Gasteiger partial charge in [0.2, 0.25) is 0 Å². The summed E-state index contributed by atoms with van der Waals surface area (Å²) in [5.41, 5.74) is 0.468. The van der Waals surface area contributed by atoms with Crippen molar-refractivity contribution in [2.24, 2.45) is 5.41 Å². The van der Waals surface area contributed by atoms with Gasteiger partial charge in [0.1, 0.15) is 0 Å². The lowest BCUT2D eigenvalue weighted by Crippen LogP contribution is -2.26. The fourth-order valence-electron chi connectivity index (χ4n) is 1.73. The highest BCUT2D eigenvalue weighted by atomic mass is 32.1. The number of aliphatic carboxylic acids is 1. The lowest BCUT2D eigenvalue weighted by molar-refractivity contribution is -0.147. The van der Waals surface area contributed by atoms with E-state index in [9.17, 15) is 4.79 Å². The summed E-state index contributed by atoms with van der Waals surface area (Å²) in [6.07, 6.45) is 1.59. The molecule has 1 N–H and O–H groups in total. The van der Waals surface area contributed by atoms with E-state index in [1.165, 1.54) is 0 Å². The molecule has 0 atom stereocenters. The number of hydrogen-bond acceptors (Lipinski definition) is 4. The normalized spacial score (nSPS) is 12.1. The molecule has 0 saturated carbocycles. The smallest absolute Gasteiger partial charge is 0.309 e. The van der Waals surface area contributed by atoms with Gasteiger partial charge < -0.3 is 10.0 Å². The minimum Gasteiger partial charge on any atom is -0.481 e. The predicted octanol–water partition coefficient (Wildman–Crippen LogP) is 2.77. The summed E-state index contributed by atoms with van der Waals surface area (Å²) in [6, 6.07) is 0. The van der Waals surface area contributed by atoms with Crippen LogP contribution in [0.3, 0.4) is 0 Å². The number of carboxylic acids is 1. The third-order valence-corrected chi connectivity index (χ3v) is 3.84. The average molecular weight is 270 g/mol. The summed E-state index contributed by atoms with van der Waals surface area (Å²) in [4.78, 5) is 17.6. The molecule has 0 aromatic carbocycles. The molecule has 1 aromatic rings. The van der Waals surface area contributed by atoms with Crippen molar-refractivity contribution in [3.8, 4) is 0 Å². The van der Waals surface area contributed by atoms with Crippen LogP contribution in [0.1, 0.15) is 37.4 Å². The Morgan fingerprint density at radius 1 is 1.56 bits per heavy atom. The maximum Gasteiger partial charge on any atom is 0.309 e. The number of aryl methyl sites for hydroxylation is 1. The number of aromatic nitrogens is 1. The molecule has 0 amide bonds. The maximum absolute atomic E-state index is 11.0. The van der Waals surface area contributed by atoms with Gasteiger partial charge in [-0.3, -0.25) is 4.79 Å². The van der Waals surface area contributed by atoms with Gasteiger partial charge in [-0.1, -0.05) is 0 Å². The first-order valence-corrected chi connectivity index (χ1v) is 7.02. The molecule has 0 aliphatic carbocycles. The van der Waals surface area contributed by atoms with E-state index in [-0.39, 0.29) is 0 Å². The van der Waals surface area contributed by atoms with Gasteiger partial charge in [-0.25, -0.2) is 4.98 Å². The van der Waals surface area contributed by atoms with Crippen molar-refractivity contribution < 1.29 is 9.90 Å². The number of carboxylic acid groups (broad SMARTS) is 1. The molecule has 0 fully saturated rings. The Hall–Kier alpha value is -0.940. The van der Waals surface area contributed by atoms with Crippen LogP contribution in [-0.2, 0) is 11.3 Å². The zero-order chi connectivity index (χ0) is 13.8. The van der Waals surface area contributed by atoms with Crippen molar-refractivity contribution in [3.05, 3.63) is 16.1 Å². The van der Waals surface area contributed by atoms with Crippen molar-refractivity contribution in [3.63, 3.8) is 0 Å². The molecule has 1 heterocycles. The Balaban J connectivity index is 2.29. The van der Waals surface area contributed by atoms with E-state index in [1.807, 2.05) is 14.0 Å². The lowest BCUT2D eigenvalue weighted by atomic mass is 9.88. The first kappa shape index (κ1) is 15.1. The molecule has 0 unspecified atom stereocenters. The van der Waals surface area contributed by atoms with E-state index in [0.29, 0.717) is 6.42 Å². The fraction of sp³-hybridized carbons (Fsp3) is 0.692. The maximum atomic E-state index is 11.0. The fourth-order valence-corrected chi connectivity index (χ4v) is 2.34. The van der Waals surface area contributed by atoms with Gasteiger partial charge in [-0.05, 0) is 47.2 Å². The molecule has 0 radical (unpaired) electrons. The minimum absolute atomic E-state index is 0.627. The van der Waals surface area contributed by atoms with Crippen LogP contribution < -0.4 is 0 Å². The van der Waals surface area contributed by atoms with Crippen molar-refractivity contribution in [1.82, 2.24) is 9.88 Å². The van der Waals surface area contributed by atoms with E-state index in [1.54, 1.807) is 25.2 Å². The summed E-state index contributed by atoms with van der Waals surface area (Å²) >= 11 is 1.66. The summed E-state index contributed by atoms with van der Waals surface area (Å²) in [5, 5.41) is 12.2. The molecule has 0 saturated heterocycles. The molecule has 0 aliphatic rings. The van der Waals surface area contributed by atoms with Crippen molar-refractivity contribution in [2.45, 2.75) is 40.2 Å². The molecule has 0 spiro atoms. The molecule has 4 nitrogen and oxygen atoms in total. The lowest BCUT2D eigenvalue weighted by Gasteiger charge is -2.21. The van der Waals surface area contributed by atoms with Crippen molar-refractivity contribution in [2.75, 3.05) is 13.6 Å². The Morgan fingerprint density at radius 2 is 2.22 bits per heavy atom. The Labute approximate surface area is 113 Å². The molecule has 1 aromatic heterocycles. The molecular formula is C13H22N2O2S. The number of nitrogens with zero attached hydrogens (tertiary/aromatic N) is 2. The zero-order valence-electron chi connectivity index (χ0n) is 11.6. The quantitative estimate of drug-likeness (QED) is 0.827.